The molecule has 0 atom stereocenters. The minimum atomic E-state index is -0.571. The van der Waals surface area contributed by atoms with Gasteiger partial charge in [-0.3, -0.25) is 9.59 Å². The van der Waals surface area contributed by atoms with Crippen LogP contribution in [0.1, 0.15) is 81.3 Å². The van der Waals surface area contributed by atoms with Crippen molar-refractivity contribution in [2.24, 2.45) is 5.41 Å². The van der Waals surface area contributed by atoms with Crippen molar-refractivity contribution < 1.29 is 19.1 Å². The van der Waals surface area contributed by atoms with E-state index in [1.165, 1.54) is 6.42 Å². The van der Waals surface area contributed by atoms with Gasteiger partial charge in [0.05, 0.1) is 0 Å². The van der Waals surface area contributed by atoms with E-state index in [0.717, 1.165) is 42.5 Å². The van der Waals surface area contributed by atoms with Crippen molar-refractivity contribution in [3.63, 3.8) is 0 Å². The van der Waals surface area contributed by atoms with Crippen molar-refractivity contribution in [3.8, 4) is 0 Å². The molecule has 4 rings (SSSR count). The SMILES string of the molecule is CC(C)N(C(=O)c1ccc2c(c1)N(CCNC(=O)OCc1ccccc1)C(=O)C(C)(C)C2)C1CCCCC1. The average Bonchev–Trinajstić information content (AvgIpc) is 2.90. The summed E-state index contributed by atoms with van der Waals surface area (Å²) in [6.07, 6.45) is 5.71. The first-order valence-electron chi connectivity index (χ1n) is 13.9. The van der Waals surface area contributed by atoms with Gasteiger partial charge >= 0.3 is 6.09 Å². The molecular weight excluding hydrogens is 478 g/mol. The third kappa shape index (κ3) is 6.37. The summed E-state index contributed by atoms with van der Waals surface area (Å²) in [5, 5.41) is 2.76. The Hall–Kier alpha value is -3.35. The molecule has 2 aromatic carbocycles. The van der Waals surface area contributed by atoms with Gasteiger partial charge in [0.2, 0.25) is 5.91 Å². The Morgan fingerprint density at radius 2 is 1.79 bits per heavy atom. The molecule has 0 saturated heterocycles. The van der Waals surface area contributed by atoms with E-state index in [9.17, 15) is 14.4 Å². The molecular formula is C31H41N3O4. The van der Waals surface area contributed by atoms with Crippen molar-refractivity contribution in [1.29, 1.82) is 0 Å². The van der Waals surface area contributed by atoms with Gasteiger partial charge in [0.15, 0.2) is 0 Å². The number of nitrogens with zero attached hydrogens (tertiary/aromatic N) is 2. The number of benzene rings is 2. The quantitative estimate of drug-likeness (QED) is 0.484. The Kier molecular flexibility index (Phi) is 8.75. The first kappa shape index (κ1) is 27.7. The van der Waals surface area contributed by atoms with E-state index < -0.39 is 11.5 Å². The molecule has 0 radical (unpaired) electrons. The van der Waals surface area contributed by atoms with Crippen molar-refractivity contribution >= 4 is 23.6 Å². The standard InChI is InChI=1S/C31H41N3O4/c1-22(2)34(26-13-9-6-10-14-26)28(35)24-15-16-25-20-31(3,4)29(36)33(27(25)19-24)18-17-32-30(37)38-21-23-11-7-5-8-12-23/h5,7-8,11-12,15-16,19,22,26H,6,9-10,13-14,17-18,20-21H2,1-4H3,(H,32,37). The molecule has 0 spiro atoms. The molecule has 2 aliphatic rings. The molecule has 204 valence electrons. The predicted octanol–water partition coefficient (Wildman–Crippen LogP) is 5.71. The Balaban J connectivity index is 1.48. The molecule has 3 amide bonds. The van der Waals surface area contributed by atoms with Crippen LogP contribution >= 0.6 is 0 Å². The summed E-state index contributed by atoms with van der Waals surface area (Å²) in [6.45, 7) is 8.75. The second kappa shape index (κ2) is 12.0. The Bertz CT molecular complexity index is 1140. The molecule has 0 bridgehead atoms. The molecule has 7 heteroatoms. The van der Waals surface area contributed by atoms with Gasteiger partial charge in [-0.05, 0) is 56.4 Å². The van der Waals surface area contributed by atoms with Crippen molar-refractivity contribution in [1.82, 2.24) is 10.2 Å². The molecule has 0 unspecified atom stereocenters. The number of anilines is 1. The zero-order chi connectivity index (χ0) is 27.3. The van der Waals surface area contributed by atoms with Crippen LogP contribution in [0.25, 0.3) is 0 Å². The van der Waals surface area contributed by atoms with E-state index in [-0.39, 0.29) is 37.0 Å². The molecule has 1 N–H and O–H groups in total. The Labute approximate surface area is 226 Å². The monoisotopic (exact) mass is 519 g/mol. The normalized spacial score (nSPS) is 17.2. The highest BCUT2D eigenvalue weighted by atomic mass is 16.5. The van der Waals surface area contributed by atoms with E-state index in [1.54, 1.807) is 4.90 Å². The van der Waals surface area contributed by atoms with E-state index in [1.807, 2.05) is 67.3 Å². The molecule has 0 aromatic heterocycles. The Morgan fingerprint density at radius 1 is 1.08 bits per heavy atom. The molecule has 1 heterocycles. The third-order valence-corrected chi connectivity index (χ3v) is 7.66. The molecule has 1 saturated carbocycles. The van der Waals surface area contributed by atoms with Gasteiger partial charge in [-0.2, -0.15) is 0 Å². The third-order valence-electron chi connectivity index (χ3n) is 7.66. The number of carbonyl (C=O) groups is 3. The van der Waals surface area contributed by atoms with Gasteiger partial charge in [0.25, 0.3) is 5.91 Å². The lowest BCUT2D eigenvalue weighted by Crippen LogP contribution is -2.49. The van der Waals surface area contributed by atoms with Crippen LogP contribution in [0.3, 0.4) is 0 Å². The largest absolute Gasteiger partial charge is 0.445 e. The number of rotatable bonds is 8. The average molecular weight is 520 g/mol. The highest BCUT2D eigenvalue weighted by Gasteiger charge is 2.39. The van der Waals surface area contributed by atoms with Gasteiger partial charge < -0.3 is 19.9 Å². The van der Waals surface area contributed by atoms with Gasteiger partial charge in [-0.1, -0.05) is 69.5 Å². The lowest BCUT2D eigenvalue weighted by Gasteiger charge is -2.40. The van der Waals surface area contributed by atoms with E-state index in [4.69, 9.17) is 4.74 Å². The molecule has 7 nitrogen and oxygen atoms in total. The van der Waals surface area contributed by atoms with E-state index in [2.05, 4.69) is 19.2 Å². The summed E-state index contributed by atoms with van der Waals surface area (Å²) < 4.78 is 5.31. The zero-order valence-electron chi connectivity index (χ0n) is 23.2. The number of fused-ring (bicyclic) bond motifs is 1. The van der Waals surface area contributed by atoms with Crippen molar-refractivity contribution in [2.75, 3.05) is 18.0 Å². The van der Waals surface area contributed by atoms with Gasteiger partial charge in [0, 0.05) is 41.8 Å². The highest BCUT2D eigenvalue weighted by Crippen LogP contribution is 2.38. The summed E-state index contributed by atoms with van der Waals surface area (Å²) in [6, 6.07) is 15.6. The maximum absolute atomic E-state index is 13.7. The fourth-order valence-electron chi connectivity index (χ4n) is 5.72. The van der Waals surface area contributed by atoms with Crippen LogP contribution < -0.4 is 10.2 Å². The fourth-order valence-corrected chi connectivity index (χ4v) is 5.72. The summed E-state index contributed by atoms with van der Waals surface area (Å²) in [4.78, 5) is 43.2. The van der Waals surface area contributed by atoms with E-state index >= 15 is 0 Å². The topological polar surface area (TPSA) is 79.0 Å². The number of hydrogen-bond acceptors (Lipinski definition) is 4. The second-order valence-electron chi connectivity index (χ2n) is 11.4. The summed E-state index contributed by atoms with van der Waals surface area (Å²) >= 11 is 0. The number of ether oxygens (including phenoxy) is 1. The summed E-state index contributed by atoms with van der Waals surface area (Å²) in [5.74, 6) is 0.0107. The van der Waals surface area contributed by atoms with Crippen LogP contribution in [-0.4, -0.2) is 48.0 Å². The molecule has 1 aliphatic heterocycles. The molecule has 1 aliphatic carbocycles. The van der Waals surface area contributed by atoms with Gasteiger partial charge in [-0.15, -0.1) is 0 Å². The van der Waals surface area contributed by atoms with Crippen LogP contribution in [0.4, 0.5) is 10.5 Å². The van der Waals surface area contributed by atoms with Crippen LogP contribution in [0.5, 0.6) is 0 Å². The lowest BCUT2D eigenvalue weighted by atomic mass is 9.80. The zero-order valence-corrected chi connectivity index (χ0v) is 23.2. The number of nitrogens with one attached hydrogen (secondary N) is 1. The number of carbonyl (C=O) groups excluding carboxylic acids is 3. The van der Waals surface area contributed by atoms with Crippen LogP contribution in [0.15, 0.2) is 48.5 Å². The van der Waals surface area contributed by atoms with Crippen LogP contribution in [0, 0.1) is 5.41 Å². The second-order valence-corrected chi connectivity index (χ2v) is 11.4. The van der Waals surface area contributed by atoms with Crippen molar-refractivity contribution in [2.45, 2.75) is 84.9 Å². The van der Waals surface area contributed by atoms with Gasteiger partial charge in [0.1, 0.15) is 6.61 Å². The van der Waals surface area contributed by atoms with Crippen LogP contribution in [0.2, 0.25) is 0 Å². The minimum Gasteiger partial charge on any atom is -0.445 e. The van der Waals surface area contributed by atoms with E-state index in [0.29, 0.717) is 18.5 Å². The summed E-state index contributed by atoms with van der Waals surface area (Å²) in [7, 11) is 0. The first-order valence-corrected chi connectivity index (χ1v) is 13.9. The molecule has 2 aromatic rings. The van der Waals surface area contributed by atoms with Crippen LogP contribution in [-0.2, 0) is 22.6 Å². The predicted molar refractivity (Wildman–Crippen MR) is 149 cm³/mol. The fraction of sp³-hybridized carbons (Fsp3) is 0.516. The maximum Gasteiger partial charge on any atom is 0.407 e. The minimum absolute atomic E-state index is 0.0120. The van der Waals surface area contributed by atoms with Crippen molar-refractivity contribution in [3.05, 3.63) is 65.2 Å². The maximum atomic E-state index is 13.7. The first-order chi connectivity index (χ1) is 18.2. The number of amides is 3. The lowest BCUT2D eigenvalue weighted by molar-refractivity contribution is -0.127. The van der Waals surface area contributed by atoms with Gasteiger partial charge in [-0.25, -0.2) is 4.79 Å². The number of alkyl carbamates (subject to hydrolysis) is 1. The summed E-state index contributed by atoms with van der Waals surface area (Å²) in [5.41, 5.74) is 2.73. The molecule has 1 fully saturated rings. The Morgan fingerprint density at radius 3 is 2.47 bits per heavy atom. The molecule has 38 heavy (non-hydrogen) atoms. The number of hydrogen-bond donors (Lipinski definition) is 1. The smallest absolute Gasteiger partial charge is 0.407 e. The highest BCUT2D eigenvalue weighted by molar-refractivity contribution is 6.02.